The topological polar surface area (TPSA) is 56.8 Å². The van der Waals surface area contributed by atoms with Crippen molar-refractivity contribution in [1.82, 2.24) is 0 Å². The predicted octanol–water partition coefficient (Wildman–Crippen LogP) is 5.90. The van der Waals surface area contributed by atoms with E-state index in [2.05, 4.69) is 39.2 Å². The molecule has 1 aliphatic heterocycles. The third-order valence-corrected chi connectivity index (χ3v) is 10.5. The Balaban J connectivity index is 1.92. The molecule has 0 saturated heterocycles. The lowest BCUT2D eigenvalue weighted by atomic mass is 10.1. The Bertz CT molecular complexity index is 896. The summed E-state index contributed by atoms with van der Waals surface area (Å²) in [6.45, 7) is 11.3. The first kappa shape index (κ1) is 22.7. The molecule has 1 atom stereocenters. The minimum absolute atomic E-state index is 0.0444. The summed E-state index contributed by atoms with van der Waals surface area (Å²) >= 11 is 6.33. The van der Waals surface area contributed by atoms with Crippen molar-refractivity contribution in [2.45, 2.75) is 51.6 Å². The summed E-state index contributed by atoms with van der Waals surface area (Å²) in [7, 11) is -2.06. The molecule has 3 rings (SSSR count). The fraction of sp³-hybridized carbons (Fsp3) is 0.435. The number of halogens is 1. The van der Waals surface area contributed by atoms with E-state index in [0.717, 1.165) is 11.1 Å². The van der Waals surface area contributed by atoms with Gasteiger partial charge in [-0.05, 0) is 35.8 Å². The highest BCUT2D eigenvalue weighted by Gasteiger charge is 2.40. The van der Waals surface area contributed by atoms with Crippen molar-refractivity contribution < 1.29 is 18.7 Å². The number of anilines is 1. The van der Waals surface area contributed by atoms with Crippen LogP contribution in [0.3, 0.4) is 0 Å². The molecule has 0 radical (unpaired) electrons. The Morgan fingerprint density at radius 2 is 1.87 bits per heavy atom. The summed E-state index contributed by atoms with van der Waals surface area (Å²) in [6, 6.07) is 13.6. The summed E-state index contributed by atoms with van der Waals surface area (Å²) in [6.07, 6.45) is -0.334. The highest BCUT2D eigenvalue weighted by atomic mass is 35.5. The van der Waals surface area contributed by atoms with Crippen LogP contribution in [0.5, 0.6) is 11.5 Å². The van der Waals surface area contributed by atoms with Crippen LogP contribution in [0.4, 0.5) is 5.69 Å². The summed E-state index contributed by atoms with van der Waals surface area (Å²) in [4.78, 5) is 12.0. The van der Waals surface area contributed by atoms with Crippen molar-refractivity contribution in [2.24, 2.45) is 0 Å². The van der Waals surface area contributed by atoms with Crippen molar-refractivity contribution >= 4 is 31.5 Å². The number of hydrogen-bond acceptors (Lipinski definition) is 4. The molecule has 1 amide bonds. The van der Waals surface area contributed by atoms with E-state index in [0.29, 0.717) is 29.7 Å². The number of rotatable bonds is 7. The average molecular weight is 448 g/mol. The molecule has 0 fully saturated rings. The van der Waals surface area contributed by atoms with Crippen LogP contribution in [-0.4, -0.2) is 26.7 Å². The summed E-state index contributed by atoms with van der Waals surface area (Å²) in [5.74, 6) is 1.22. The molecule has 1 heterocycles. The van der Waals surface area contributed by atoms with Gasteiger partial charge in [0.25, 0.3) is 5.91 Å². The van der Waals surface area contributed by atoms with Gasteiger partial charge in [0.15, 0.2) is 20.7 Å². The Labute approximate surface area is 184 Å². The number of amides is 1. The van der Waals surface area contributed by atoms with Gasteiger partial charge in [-0.15, -0.1) is 11.6 Å². The quantitative estimate of drug-likeness (QED) is 0.424. The molecule has 30 heavy (non-hydrogen) atoms. The monoisotopic (exact) mass is 447 g/mol. The lowest BCUT2D eigenvalue weighted by molar-refractivity contribution is -0.118. The van der Waals surface area contributed by atoms with E-state index in [4.69, 9.17) is 25.5 Å². The van der Waals surface area contributed by atoms with Gasteiger partial charge in [0.1, 0.15) is 18.0 Å². The minimum atomic E-state index is -2.06. The number of alkyl halides is 1. The molecule has 0 spiro atoms. The van der Waals surface area contributed by atoms with Gasteiger partial charge < -0.3 is 19.2 Å². The zero-order valence-corrected chi connectivity index (χ0v) is 20.0. The normalized spacial score (nSPS) is 15.1. The number of ether oxygens (including phenoxy) is 2. The Morgan fingerprint density at radius 3 is 2.50 bits per heavy atom. The number of fused-ring (bicyclic) bond motifs is 1. The second-order valence-corrected chi connectivity index (χ2v) is 14.1. The first-order valence-electron chi connectivity index (χ1n) is 10.1. The largest absolute Gasteiger partial charge is 0.487 e. The second kappa shape index (κ2) is 9.00. The van der Waals surface area contributed by atoms with Crippen LogP contribution in [0.1, 0.15) is 38.0 Å². The summed E-state index contributed by atoms with van der Waals surface area (Å²) < 4.78 is 18.4. The predicted molar refractivity (Wildman–Crippen MR) is 123 cm³/mol. The summed E-state index contributed by atoms with van der Waals surface area (Å²) in [5.41, 5.74) is 2.41. The zero-order chi connectivity index (χ0) is 21.9. The lowest BCUT2D eigenvalue weighted by Crippen LogP contribution is -2.42. The van der Waals surface area contributed by atoms with E-state index in [1.54, 1.807) is 0 Å². The van der Waals surface area contributed by atoms with Gasteiger partial charge in [-0.1, -0.05) is 51.1 Å². The molecule has 1 aliphatic rings. The van der Waals surface area contributed by atoms with E-state index >= 15 is 0 Å². The van der Waals surface area contributed by atoms with Crippen LogP contribution < -0.4 is 14.8 Å². The van der Waals surface area contributed by atoms with Crippen LogP contribution in [0.15, 0.2) is 42.5 Å². The molecule has 0 saturated carbocycles. The maximum Gasteiger partial charge on any atom is 0.262 e. The fourth-order valence-electron chi connectivity index (χ4n) is 2.99. The third kappa shape index (κ3) is 4.99. The smallest absolute Gasteiger partial charge is 0.262 e. The molecule has 1 N–H and O–H groups in total. The zero-order valence-electron chi connectivity index (χ0n) is 18.3. The Hall–Kier alpha value is -2.02. The van der Waals surface area contributed by atoms with Crippen LogP contribution in [0, 0.1) is 0 Å². The van der Waals surface area contributed by atoms with Crippen molar-refractivity contribution in [2.75, 3.05) is 17.8 Å². The molecule has 7 heteroatoms. The van der Waals surface area contributed by atoms with Crippen LogP contribution in [0.25, 0.3) is 0 Å². The van der Waals surface area contributed by atoms with E-state index < -0.39 is 8.32 Å². The first-order chi connectivity index (χ1) is 14.1. The Kier molecular flexibility index (Phi) is 6.80. The van der Waals surface area contributed by atoms with Crippen molar-refractivity contribution in [3.63, 3.8) is 0 Å². The van der Waals surface area contributed by atoms with E-state index in [9.17, 15) is 4.79 Å². The molecule has 5 nitrogen and oxygen atoms in total. The van der Waals surface area contributed by atoms with E-state index in [1.807, 2.05) is 42.5 Å². The molecule has 0 aliphatic carbocycles. The molecule has 162 valence electrons. The maximum atomic E-state index is 12.0. The molecule has 2 aromatic carbocycles. The maximum absolute atomic E-state index is 12.0. The fourth-order valence-corrected chi connectivity index (χ4v) is 4.60. The molecule has 0 bridgehead atoms. The van der Waals surface area contributed by atoms with Gasteiger partial charge in [-0.25, -0.2) is 0 Å². The number of carbonyl (C=O) groups is 1. The molecule has 2 aromatic rings. The van der Waals surface area contributed by atoms with Crippen LogP contribution in [-0.2, 0) is 15.8 Å². The standard InChI is InChI=1S/C23H30ClNO4Si/c1-23(2,3)30(4,5)29-19(13-24)17-11-12-18(21-22(17)28-15-20(26)25-21)27-14-16-9-7-6-8-10-16/h6-12,19H,13-15H2,1-5H3,(H,25,26). The van der Waals surface area contributed by atoms with Gasteiger partial charge >= 0.3 is 0 Å². The highest BCUT2D eigenvalue weighted by Crippen LogP contribution is 2.46. The van der Waals surface area contributed by atoms with Gasteiger partial charge in [0.2, 0.25) is 0 Å². The molecule has 0 aromatic heterocycles. The minimum Gasteiger partial charge on any atom is -0.487 e. The third-order valence-electron chi connectivity index (χ3n) is 5.73. The number of carbonyl (C=O) groups excluding carboxylic acids is 1. The average Bonchev–Trinajstić information content (AvgIpc) is 2.70. The summed E-state index contributed by atoms with van der Waals surface area (Å²) in [5, 5.41) is 2.95. The second-order valence-electron chi connectivity index (χ2n) is 8.99. The van der Waals surface area contributed by atoms with E-state index in [1.165, 1.54) is 0 Å². The van der Waals surface area contributed by atoms with Gasteiger partial charge in [-0.2, -0.15) is 0 Å². The number of benzene rings is 2. The van der Waals surface area contributed by atoms with Crippen LogP contribution >= 0.6 is 11.6 Å². The van der Waals surface area contributed by atoms with Crippen molar-refractivity contribution in [3.8, 4) is 11.5 Å². The van der Waals surface area contributed by atoms with Gasteiger partial charge in [0, 0.05) is 5.56 Å². The molecule has 1 unspecified atom stereocenters. The van der Waals surface area contributed by atoms with Crippen LogP contribution in [0.2, 0.25) is 18.1 Å². The van der Waals surface area contributed by atoms with Gasteiger partial charge in [0.05, 0.1) is 12.0 Å². The van der Waals surface area contributed by atoms with Gasteiger partial charge in [-0.3, -0.25) is 4.79 Å². The van der Waals surface area contributed by atoms with Crippen molar-refractivity contribution in [1.29, 1.82) is 0 Å². The lowest BCUT2D eigenvalue weighted by Gasteiger charge is -2.39. The number of hydrogen-bond donors (Lipinski definition) is 1. The van der Waals surface area contributed by atoms with E-state index in [-0.39, 0.29) is 23.7 Å². The highest BCUT2D eigenvalue weighted by molar-refractivity contribution is 6.74. The molecular formula is C23H30ClNO4Si. The Morgan fingerprint density at radius 1 is 1.17 bits per heavy atom. The SMILES string of the molecule is CC(C)(C)[Si](C)(C)OC(CCl)c1ccc(OCc2ccccc2)c2c1OCC(=O)N2. The number of nitrogens with one attached hydrogen (secondary N) is 1. The van der Waals surface area contributed by atoms with Crippen molar-refractivity contribution in [3.05, 3.63) is 53.6 Å². The molecular weight excluding hydrogens is 418 g/mol. The first-order valence-corrected chi connectivity index (χ1v) is 13.6.